The summed E-state index contributed by atoms with van der Waals surface area (Å²) < 4.78 is 60.2. The van der Waals surface area contributed by atoms with Crippen LogP contribution in [0.4, 0.5) is 23.2 Å². The Hall–Kier alpha value is -3.66. The van der Waals surface area contributed by atoms with Crippen molar-refractivity contribution in [2.45, 2.75) is 12.6 Å². The Morgan fingerprint density at radius 1 is 0.912 bits per heavy atom. The molecule has 6 nitrogen and oxygen atoms in total. The second-order valence-electron chi connectivity index (χ2n) is 7.86. The average Bonchev–Trinajstić information content (AvgIpc) is 2.85. The van der Waals surface area contributed by atoms with Gasteiger partial charge in [0.1, 0.15) is 12.1 Å². The maximum absolute atomic E-state index is 14.9. The lowest BCUT2D eigenvalue weighted by molar-refractivity contribution is -0.142. The number of halogens is 4. The van der Waals surface area contributed by atoms with E-state index >= 15 is 0 Å². The SMILES string of the molecule is Fc1ccc(Cc2nccnc2C(F)(F)F)cc1-c1ncnc2cc(N3CCOCC3)ccc12. The maximum atomic E-state index is 14.9. The van der Waals surface area contributed by atoms with Crippen LogP contribution in [0.2, 0.25) is 0 Å². The minimum absolute atomic E-state index is 0.153. The standard InChI is InChI=1S/C24H19F4N5O/c25-19-4-1-15(12-21-23(24(26,27)28)30-6-5-29-21)11-18(19)22-17-3-2-16(13-20(17)31-14-32-22)33-7-9-34-10-8-33/h1-6,11,13-14H,7-10,12H2. The highest BCUT2D eigenvalue weighted by atomic mass is 19.4. The van der Waals surface area contributed by atoms with Crippen molar-refractivity contribution in [2.24, 2.45) is 0 Å². The van der Waals surface area contributed by atoms with Gasteiger partial charge in [-0.2, -0.15) is 13.2 Å². The Labute approximate surface area is 192 Å². The maximum Gasteiger partial charge on any atom is 0.435 e. The van der Waals surface area contributed by atoms with Crippen LogP contribution in [0.25, 0.3) is 22.2 Å². The Bertz CT molecular complexity index is 1340. The van der Waals surface area contributed by atoms with E-state index in [0.29, 0.717) is 35.4 Å². The Morgan fingerprint density at radius 3 is 2.50 bits per heavy atom. The molecule has 0 saturated carbocycles. The van der Waals surface area contributed by atoms with Crippen molar-refractivity contribution < 1.29 is 22.3 Å². The van der Waals surface area contributed by atoms with Crippen molar-refractivity contribution in [1.29, 1.82) is 0 Å². The number of hydrogen-bond donors (Lipinski definition) is 0. The number of nitrogens with zero attached hydrogens (tertiary/aromatic N) is 5. The van der Waals surface area contributed by atoms with E-state index in [1.165, 1.54) is 30.7 Å². The quantitative estimate of drug-likeness (QED) is 0.405. The van der Waals surface area contributed by atoms with E-state index in [4.69, 9.17) is 4.74 Å². The molecule has 1 aliphatic heterocycles. The molecule has 1 saturated heterocycles. The third-order valence-corrected chi connectivity index (χ3v) is 5.70. The van der Waals surface area contributed by atoms with Crippen LogP contribution in [0.5, 0.6) is 0 Å². The Kier molecular flexibility index (Phi) is 5.82. The molecular weight excluding hydrogens is 450 g/mol. The van der Waals surface area contributed by atoms with Crippen molar-refractivity contribution in [1.82, 2.24) is 19.9 Å². The van der Waals surface area contributed by atoms with Crippen molar-refractivity contribution >= 4 is 16.6 Å². The summed E-state index contributed by atoms with van der Waals surface area (Å²) in [6.45, 7) is 2.82. The number of aromatic nitrogens is 4. The van der Waals surface area contributed by atoms with Gasteiger partial charge >= 0.3 is 6.18 Å². The molecule has 10 heteroatoms. The summed E-state index contributed by atoms with van der Waals surface area (Å²) in [6, 6.07) is 9.85. The molecule has 0 N–H and O–H groups in total. The minimum atomic E-state index is -4.63. The molecule has 34 heavy (non-hydrogen) atoms. The lowest BCUT2D eigenvalue weighted by Crippen LogP contribution is -2.36. The monoisotopic (exact) mass is 469 g/mol. The van der Waals surface area contributed by atoms with Crippen LogP contribution < -0.4 is 4.90 Å². The summed E-state index contributed by atoms with van der Waals surface area (Å²) in [6.07, 6.45) is -1.22. The smallest absolute Gasteiger partial charge is 0.378 e. The normalized spacial score (nSPS) is 14.5. The predicted molar refractivity (Wildman–Crippen MR) is 118 cm³/mol. The molecule has 2 aromatic carbocycles. The van der Waals surface area contributed by atoms with Gasteiger partial charge in [0, 0.05) is 48.5 Å². The molecule has 0 atom stereocenters. The molecule has 4 aromatic rings. The van der Waals surface area contributed by atoms with Gasteiger partial charge in [0.2, 0.25) is 0 Å². The van der Waals surface area contributed by atoms with Crippen LogP contribution in [0.3, 0.4) is 0 Å². The summed E-state index contributed by atoms with van der Waals surface area (Å²) in [5.74, 6) is -0.531. The van der Waals surface area contributed by atoms with Crippen LogP contribution in [-0.2, 0) is 17.3 Å². The molecule has 0 unspecified atom stereocenters. The molecule has 3 heterocycles. The van der Waals surface area contributed by atoms with Gasteiger partial charge in [-0.25, -0.2) is 19.3 Å². The number of alkyl halides is 3. The molecule has 0 amide bonds. The van der Waals surface area contributed by atoms with E-state index in [0.717, 1.165) is 25.0 Å². The van der Waals surface area contributed by atoms with Gasteiger partial charge in [-0.1, -0.05) is 6.07 Å². The van der Waals surface area contributed by atoms with Crippen molar-refractivity contribution in [3.05, 3.63) is 77.9 Å². The zero-order valence-electron chi connectivity index (χ0n) is 17.9. The van der Waals surface area contributed by atoms with Crippen LogP contribution >= 0.6 is 0 Å². The van der Waals surface area contributed by atoms with E-state index in [9.17, 15) is 17.6 Å². The molecular formula is C24H19F4N5O. The number of hydrogen-bond acceptors (Lipinski definition) is 6. The zero-order chi connectivity index (χ0) is 23.7. The fourth-order valence-corrected chi connectivity index (χ4v) is 4.07. The first kappa shape index (κ1) is 22.1. The van der Waals surface area contributed by atoms with E-state index in [1.54, 1.807) is 0 Å². The second kappa shape index (κ2) is 8.94. The highest BCUT2D eigenvalue weighted by Gasteiger charge is 2.35. The van der Waals surface area contributed by atoms with E-state index in [1.807, 2.05) is 18.2 Å². The third kappa shape index (κ3) is 4.41. The second-order valence-corrected chi connectivity index (χ2v) is 7.86. The van der Waals surface area contributed by atoms with E-state index < -0.39 is 17.7 Å². The average molecular weight is 469 g/mol. The highest BCUT2D eigenvalue weighted by Crippen LogP contribution is 2.33. The largest absolute Gasteiger partial charge is 0.435 e. The predicted octanol–water partition coefficient (Wildman–Crippen LogP) is 4.67. The number of ether oxygens (including phenoxy) is 1. The highest BCUT2D eigenvalue weighted by molar-refractivity contribution is 5.94. The van der Waals surface area contributed by atoms with Crippen molar-refractivity contribution in [3.8, 4) is 11.3 Å². The van der Waals surface area contributed by atoms with Crippen molar-refractivity contribution in [2.75, 3.05) is 31.2 Å². The first-order valence-corrected chi connectivity index (χ1v) is 10.6. The molecule has 0 radical (unpaired) electrons. The van der Waals surface area contributed by atoms with E-state index in [-0.39, 0.29) is 17.7 Å². The molecule has 0 bridgehead atoms. The van der Waals surface area contributed by atoms with Gasteiger partial charge in [-0.05, 0) is 35.9 Å². The van der Waals surface area contributed by atoms with Gasteiger partial charge in [-0.3, -0.25) is 4.98 Å². The molecule has 1 fully saturated rings. The van der Waals surface area contributed by atoms with Gasteiger partial charge in [0.05, 0.1) is 30.1 Å². The number of morpholine rings is 1. The molecule has 174 valence electrons. The summed E-state index contributed by atoms with van der Waals surface area (Å²) in [7, 11) is 0. The summed E-state index contributed by atoms with van der Waals surface area (Å²) >= 11 is 0. The lowest BCUT2D eigenvalue weighted by atomic mass is 10.00. The van der Waals surface area contributed by atoms with Gasteiger partial charge in [0.15, 0.2) is 5.69 Å². The van der Waals surface area contributed by atoms with Gasteiger partial charge < -0.3 is 9.64 Å². The molecule has 5 rings (SSSR count). The van der Waals surface area contributed by atoms with Gasteiger partial charge in [-0.15, -0.1) is 0 Å². The topological polar surface area (TPSA) is 64.0 Å². The minimum Gasteiger partial charge on any atom is -0.378 e. The fourth-order valence-electron chi connectivity index (χ4n) is 4.07. The first-order chi connectivity index (χ1) is 16.4. The van der Waals surface area contributed by atoms with Crippen LogP contribution in [0.1, 0.15) is 17.0 Å². The van der Waals surface area contributed by atoms with Gasteiger partial charge in [0.25, 0.3) is 0 Å². The Morgan fingerprint density at radius 2 is 1.71 bits per heavy atom. The van der Waals surface area contributed by atoms with Crippen LogP contribution in [0.15, 0.2) is 55.1 Å². The van der Waals surface area contributed by atoms with Crippen LogP contribution in [0, 0.1) is 5.82 Å². The lowest BCUT2D eigenvalue weighted by Gasteiger charge is -2.29. The molecule has 0 spiro atoms. The third-order valence-electron chi connectivity index (χ3n) is 5.70. The molecule has 0 aliphatic carbocycles. The number of anilines is 1. The fraction of sp³-hybridized carbons (Fsp3) is 0.250. The first-order valence-electron chi connectivity index (χ1n) is 10.6. The molecule has 2 aromatic heterocycles. The number of fused-ring (bicyclic) bond motifs is 1. The molecule has 1 aliphatic rings. The zero-order valence-corrected chi connectivity index (χ0v) is 17.9. The Balaban J connectivity index is 1.52. The van der Waals surface area contributed by atoms with Crippen LogP contribution in [-0.4, -0.2) is 46.2 Å². The summed E-state index contributed by atoms with van der Waals surface area (Å²) in [4.78, 5) is 18.1. The van der Waals surface area contributed by atoms with E-state index in [2.05, 4.69) is 24.8 Å². The summed E-state index contributed by atoms with van der Waals surface area (Å²) in [5.41, 5.74) is 1.36. The number of rotatable bonds is 4. The number of benzene rings is 2. The van der Waals surface area contributed by atoms with Crippen molar-refractivity contribution in [3.63, 3.8) is 0 Å². The summed E-state index contributed by atoms with van der Waals surface area (Å²) in [5, 5.41) is 0.644.